The fraction of sp³-hybridized carbons (Fsp3) is 0.143. The van der Waals surface area contributed by atoms with Crippen molar-refractivity contribution >= 4 is 35.1 Å². The highest BCUT2D eigenvalue weighted by Crippen LogP contribution is 2.22. The van der Waals surface area contributed by atoms with E-state index in [9.17, 15) is 4.79 Å². The normalized spacial score (nSPS) is 10.8. The highest BCUT2D eigenvalue weighted by atomic mass is 35.5. The van der Waals surface area contributed by atoms with Gasteiger partial charge in [0, 0.05) is 16.2 Å². The lowest BCUT2D eigenvalue weighted by Gasteiger charge is -2.09. The standard InChI is InChI=1S/C21H18Cl2N6O2/c1-14-10-17(23)6-7-19(14)31-13-28-9-8-18(26-28)20(30)25-21-24-12-29(27-21)11-15-2-4-16(22)5-3-15/h2-10,12H,11,13H2,1H3,(H,25,27,30). The summed E-state index contributed by atoms with van der Waals surface area (Å²) in [5.74, 6) is 0.480. The van der Waals surface area contributed by atoms with Gasteiger partial charge in [-0.05, 0) is 54.4 Å². The zero-order valence-corrected chi connectivity index (χ0v) is 18.0. The van der Waals surface area contributed by atoms with Crippen LogP contribution < -0.4 is 10.1 Å². The second-order valence-corrected chi connectivity index (χ2v) is 7.64. The molecule has 2 aromatic heterocycles. The van der Waals surface area contributed by atoms with E-state index in [0.717, 1.165) is 11.1 Å². The molecule has 1 N–H and O–H groups in total. The molecule has 0 spiro atoms. The number of carbonyl (C=O) groups excluding carboxylic acids is 1. The molecule has 0 fully saturated rings. The Hall–Kier alpha value is -3.36. The predicted octanol–water partition coefficient (Wildman–Crippen LogP) is 4.43. The molecular formula is C21H18Cl2N6O2. The van der Waals surface area contributed by atoms with Gasteiger partial charge in [-0.2, -0.15) is 5.10 Å². The van der Waals surface area contributed by atoms with Crippen molar-refractivity contribution in [2.75, 3.05) is 5.32 Å². The number of aromatic nitrogens is 5. The van der Waals surface area contributed by atoms with Crippen molar-refractivity contribution in [2.45, 2.75) is 20.2 Å². The fourth-order valence-corrected chi connectivity index (χ4v) is 3.19. The van der Waals surface area contributed by atoms with Gasteiger partial charge in [0.25, 0.3) is 5.91 Å². The largest absolute Gasteiger partial charge is 0.471 e. The Bertz CT molecular complexity index is 1200. The van der Waals surface area contributed by atoms with Gasteiger partial charge in [-0.3, -0.25) is 10.1 Å². The number of hydrogen-bond acceptors (Lipinski definition) is 5. The van der Waals surface area contributed by atoms with E-state index in [4.69, 9.17) is 27.9 Å². The van der Waals surface area contributed by atoms with Gasteiger partial charge in [0.1, 0.15) is 12.1 Å². The molecule has 0 atom stereocenters. The minimum atomic E-state index is -0.411. The van der Waals surface area contributed by atoms with Crippen LogP contribution in [0.2, 0.25) is 10.0 Å². The number of carbonyl (C=O) groups is 1. The highest BCUT2D eigenvalue weighted by molar-refractivity contribution is 6.30. The Balaban J connectivity index is 1.33. The smallest absolute Gasteiger partial charge is 0.278 e. The molecule has 2 heterocycles. The number of anilines is 1. The molecule has 158 valence electrons. The number of rotatable bonds is 7. The van der Waals surface area contributed by atoms with Crippen LogP contribution in [0.15, 0.2) is 61.1 Å². The molecule has 31 heavy (non-hydrogen) atoms. The van der Waals surface area contributed by atoms with Crippen molar-refractivity contribution in [3.63, 3.8) is 0 Å². The highest BCUT2D eigenvalue weighted by Gasteiger charge is 2.13. The van der Waals surface area contributed by atoms with Crippen LogP contribution in [0.25, 0.3) is 0 Å². The summed E-state index contributed by atoms with van der Waals surface area (Å²) in [6.07, 6.45) is 3.21. The molecule has 8 nitrogen and oxygen atoms in total. The summed E-state index contributed by atoms with van der Waals surface area (Å²) in [4.78, 5) is 16.6. The summed E-state index contributed by atoms with van der Waals surface area (Å²) in [5, 5.41) is 12.5. The van der Waals surface area contributed by atoms with Gasteiger partial charge < -0.3 is 4.74 Å². The number of aryl methyl sites for hydroxylation is 1. The van der Waals surface area contributed by atoms with Gasteiger partial charge in [-0.1, -0.05) is 35.3 Å². The summed E-state index contributed by atoms with van der Waals surface area (Å²) in [6.45, 7) is 2.57. The van der Waals surface area contributed by atoms with Crippen LogP contribution in [-0.4, -0.2) is 30.5 Å². The van der Waals surface area contributed by atoms with E-state index < -0.39 is 5.91 Å². The van der Waals surface area contributed by atoms with Gasteiger partial charge in [0.2, 0.25) is 5.95 Å². The SMILES string of the molecule is Cc1cc(Cl)ccc1OCn1ccc(C(=O)Nc2ncn(Cc3ccc(Cl)cc3)n2)n1. The molecule has 0 aliphatic heterocycles. The lowest BCUT2D eigenvalue weighted by molar-refractivity contribution is 0.101. The molecular weight excluding hydrogens is 439 g/mol. The van der Waals surface area contributed by atoms with Crippen molar-refractivity contribution in [2.24, 2.45) is 0 Å². The van der Waals surface area contributed by atoms with Crippen molar-refractivity contribution < 1.29 is 9.53 Å². The first-order valence-electron chi connectivity index (χ1n) is 9.34. The average Bonchev–Trinajstić information content (AvgIpc) is 3.39. The summed E-state index contributed by atoms with van der Waals surface area (Å²) in [6, 6.07) is 14.4. The van der Waals surface area contributed by atoms with Crippen LogP contribution in [0.4, 0.5) is 5.95 Å². The summed E-state index contributed by atoms with van der Waals surface area (Å²) >= 11 is 11.8. The van der Waals surface area contributed by atoms with Crippen molar-refractivity contribution in [3.05, 3.63) is 87.9 Å². The summed E-state index contributed by atoms with van der Waals surface area (Å²) in [5.41, 5.74) is 2.16. The molecule has 0 saturated carbocycles. The number of nitrogens with zero attached hydrogens (tertiary/aromatic N) is 5. The molecule has 0 unspecified atom stereocenters. The maximum absolute atomic E-state index is 12.5. The molecule has 0 aliphatic carbocycles. The fourth-order valence-electron chi connectivity index (χ4n) is 2.84. The van der Waals surface area contributed by atoms with Crippen LogP contribution in [-0.2, 0) is 13.3 Å². The second kappa shape index (κ2) is 9.20. The van der Waals surface area contributed by atoms with Crippen LogP contribution in [0.3, 0.4) is 0 Å². The van der Waals surface area contributed by atoms with E-state index in [-0.39, 0.29) is 18.4 Å². The predicted molar refractivity (Wildman–Crippen MR) is 118 cm³/mol. The van der Waals surface area contributed by atoms with Crippen LogP contribution in [0.5, 0.6) is 5.75 Å². The Morgan fingerprint density at radius 3 is 2.58 bits per heavy atom. The van der Waals surface area contributed by atoms with E-state index in [1.54, 1.807) is 35.4 Å². The van der Waals surface area contributed by atoms with E-state index in [0.29, 0.717) is 22.3 Å². The monoisotopic (exact) mass is 456 g/mol. The van der Waals surface area contributed by atoms with Crippen LogP contribution in [0, 0.1) is 6.92 Å². The first-order chi connectivity index (χ1) is 15.0. The topological polar surface area (TPSA) is 86.9 Å². The Morgan fingerprint density at radius 1 is 1.03 bits per heavy atom. The zero-order chi connectivity index (χ0) is 21.8. The number of benzene rings is 2. The van der Waals surface area contributed by atoms with Gasteiger partial charge in [-0.25, -0.2) is 14.3 Å². The number of ether oxygens (including phenoxy) is 1. The van der Waals surface area contributed by atoms with Gasteiger partial charge in [0.15, 0.2) is 12.4 Å². The lowest BCUT2D eigenvalue weighted by atomic mass is 10.2. The van der Waals surface area contributed by atoms with Crippen LogP contribution >= 0.6 is 23.2 Å². The summed E-state index contributed by atoms with van der Waals surface area (Å²) in [7, 11) is 0. The van der Waals surface area contributed by atoms with E-state index >= 15 is 0 Å². The average molecular weight is 457 g/mol. The number of nitrogens with one attached hydrogen (secondary N) is 1. The number of amides is 1. The van der Waals surface area contributed by atoms with Gasteiger partial charge in [0.05, 0.1) is 6.54 Å². The molecule has 4 rings (SSSR count). The van der Waals surface area contributed by atoms with Gasteiger partial charge in [-0.15, -0.1) is 5.10 Å². The van der Waals surface area contributed by atoms with Crippen molar-refractivity contribution in [3.8, 4) is 5.75 Å². The van der Waals surface area contributed by atoms with E-state index in [1.807, 2.05) is 37.3 Å². The zero-order valence-electron chi connectivity index (χ0n) is 16.5. The Labute approximate surface area is 188 Å². The minimum absolute atomic E-state index is 0.156. The number of halogens is 2. The van der Waals surface area contributed by atoms with Gasteiger partial charge >= 0.3 is 0 Å². The van der Waals surface area contributed by atoms with E-state index in [2.05, 4.69) is 20.5 Å². The molecule has 10 heteroatoms. The third-order valence-electron chi connectivity index (χ3n) is 4.38. The Kier molecular flexibility index (Phi) is 6.20. The van der Waals surface area contributed by atoms with E-state index in [1.165, 1.54) is 4.68 Å². The van der Waals surface area contributed by atoms with Crippen molar-refractivity contribution in [1.82, 2.24) is 24.5 Å². The number of hydrogen-bond donors (Lipinski definition) is 1. The first kappa shape index (κ1) is 20.9. The van der Waals surface area contributed by atoms with Crippen molar-refractivity contribution in [1.29, 1.82) is 0 Å². The third kappa shape index (κ3) is 5.42. The molecule has 0 aliphatic rings. The molecule has 2 aromatic carbocycles. The molecule has 4 aromatic rings. The molecule has 0 saturated heterocycles. The minimum Gasteiger partial charge on any atom is -0.471 e. The molecule has 1 amide bonds. The first-order valence-corrected chi connectivity index (χ1v) is 10.1. The molecule has 0 radical (unpaired) electrons. The lowest BCUT2D eigenvalue weighted by Crippen LogP contribution is -2.15. The summed E-state index contributed by atoms with van der Waals surface area (Å²) < 4.78 is 8.88. The maximum Gasteiger partial charge on any atom is 0.278 e. The quantitative estimate of drug-likeness (QED) is 0.444. The second-order valence-electron chi connectivity index (χ2n) is 6.77. The Morgan fingerprint density at radius 2 is 1.81 bits per heavy atom. The maximum atomic E-state index is 12.5. The molecule has 0 bridgehead atoms. The van der Waals surface area contributed by atoms with Crippen LogP contribution in [0.1, 0.15) is 21.6 Å². The third-order valence-corrected chi connectivity index (χ3v) is 4.87.